The molecule has 2 rings (SSSR count). The van der Waals surface area contributed by atoms with Gasteiger partial charge in [-0.25, -0.2) is 0 Å². The first kappa shape index (κ1) is 8.72. The molecule has 0 aromatic carbocycles. The standard InChI is InChI=1S/C9H14N2O2/c1-5(10)8(12)7-4-11-13-9(7)6-2-3-6/h4-6,8,12H,2-3,10H2,1H3. The average molecular weight is 182 g/mol. The topological polar surface area (TPSA) is 72.3 Å². The summed E-state index contributed by atoms with van der Waals surface area (Å²) in [7, 11) is 0. The third-order valence-electron chi connectivity index (χ3n) is 2.39. The summed E-state index contributed by atoms with van der Waals surface area (Å²) in [4.78, 5) is 0. The summed E-state index contributed by atoms with van der Waals surface area (Å²) >= 11 is 0. The number of aliphatic hydroxyl groups excluding tert-OH is 1. The molecule has 0 saturated heterocycles. The minimum Gasteiger partial charge on any atom is -0.387 e. The molecule has 0 bridgehead atoms. The fourth-order valence-electron chi connectivity index (χ4n) is 1.42. The van der Waals surface area contributed by atoms with Crippen LogP contribution in [0, 0.1) is 0 Å². The predicted octanol–water partition coefficient (Wildman–Crippen LogP) is 0.933. The lowest BCUT2D eigenvalue weighted by Crippen LogP contribution is -2.24. The van der Waals surface area contributed by atoms with Gasteiger partial charge in [0.1, 0.15) is 5.76 Å². The Labute approximate surface area is 76.7 Å². The molecule has 1 aliphatic carbocycles. The van der Waals surface area contributed by atoms with Gasteiger partial charge in [-0.2, -0.15) is 0 Å². The van der Waals surface area contributed by atoms with Gasteiger partial charge in [-0.1, -0.05) is 5.16 Å². The van der Waals surface area contributed by atoms with Gasteiger partial charge < -0.3 is 15.4 Å². The van der Waals surface area contributed by atoms with Crippen LogP contribution in [0.3, 0.4) is 0 Å². The van der Waals surface area contributed by atoms with E-state index in [0.717, 1.165) is 24.2 Å². The summed E-state index contributed by atoms with van der Waals surface area (Å²) < 4.78 is 5.09. The van der Waals surface area contributed by atoms with Crippen LogP contribution in [0.2, 0.25) is 0 Å². The van der Waals surface area contributed by atoms with Crippen LogP contribution in [0.25, 0.3) is 0 Å². The van der Waals surface area contributed by atoms with Crippen LogP contribution >= 0.6 is 0 Å². The van der Waals surface area contributed by atoms with Crippen molar-refractivity contribution in [3.63, 3.8) is 0 Å². The Bertz CT molecular complexity index is 292. The maximum atomic E-state index is 9.72. The van der Waals surface area contributed by atoms with Gasteiger partial charge in [0.05, 0.1) is 12.3 Å². The highest BCUT2D eigenvalue weighted by Crippen LogP contribution is 2.43. The fourth-order valence-corrected chi connectivity index (χ4v) is 1.42. The summed E-state index contributed by atoms with van der Waals surface area (Å²) in [5, 5.41) is 13.4. The third-order valence-corrected chi connectivity index (χ3v) is 2.39. The molecule has 2 atom stereocenters. The molecule has 0 spiro atoms. The van der Waals surface area contributed by atoms with Crippen LogP contribution in [0.4, 0.5) is 0 Å². The molecule has 1 fully saturated rings. The first-order valence-electron chi connectivity index (χ1n) is 4.58. The molecule has 1 heterocycles. The zero-order valence-electron chi connectivity index (χ0n) is 7.60. The Morgan fingerprint density at radius 1 is 1.69 bits per heavy atom. The molecular weight excluding hydrogens is 168 g/mol. The molecule has 72 valence electrons. The Morgan fingerprint density at radius 2 is 2.38 bits per heavy atom. The van der Waals surface area contributed by atoms with Crippen molar-refractivity contribution >= 4 is 0 Å². The normalized spacial score (nSPS) is 21.5. The van der Waals surface area contributed by atoms with Crippen molar-refractivity contribution < 1.29 is 9.63 Å². The third kappa shape index (κ3) is 1.59. The molecule has 3 N–H and O–H groups in total. The molecule has 4 heteroatoms. The lowest BCUT2D eigenvalue weighted by molar-refractivity contribution is 0.151. The SMILES string of the molecule is CC(N)C(O)c1cnoc1C1CC1. The van der Waals surface area contributed by atoms with Crippen molar-refractivity contribution in [3.8, 4) is 0 Å². The molecule has 0 aliphatic heterocycles. The van der Waals surface area contributed by atoms with E-state index >= 15 is 0 Å². The van der Waals surface area contributed by atoms with Gasteiger partial charge in [-0.3, -0.25) is 0 Å². The van der Waals surface area contributed by atoms with Gasteiger partial charge in [-0.15, -0.1) is 0 Å². The monoisotopic (exact) mass is 182 g/mol. The Kier molecular flexibility index (Phi) is 2.09. The van der Waals surface area contributed by atoms with Crippen molar-refractivity contribution in [2.45, 2.75) is 37.8 Å². The molecule has 1 aromatic heterocycles. The van der Waals surface area contributed by atoms with Crippen LogP contribution in [-0.2, 0) is 0 Å². The summed E-state index contributed by atoms with van der Waals surface area (Å²) in [6.07, 6.45) is 3.19. The van der Waals surface area contributed by atoms with E-state index in [2.05, 4.69) is 5.16 Å². The molecule has 1 aliphatic rings. The van der Waals surface area contributed by atoms with Gasteiger partial charge in [0.15, 0.2) is 0 Å². The average Bonchev–Trinajstić information content (AvgIpc) is 2.83. The van der Waals surface area contributed by atoms with Crippen molar-refractivity contribution in [2.75, 3.05) is 0 Å². The largest absolute Gasteiger partial charge is 0.387 e. The minimum absolute atomic E-state index is 0.281. The molecule has 4 nitrogen and oxygen atoms in total. The fraction of sp³-hybridized carbons (Fsp3) is 0.667. The van der Waals surface area contributed by atoms with Gasteiger partial charge in [0.2, 0.25) is 0 Å². The van der Waals surface area contributed by atoms with Gasteiger partial charge in [0.25, 0.3) is 0 Å². The van der Waals surface area contributed by atoms with E-state index in [1.54, 1.807) is 13.1 Å². The second kappa shape index (κ2) is 3.12. The molecule has 2 unspecified atom stereocenters. The quantitative estimate of drug-likeness (QED) is 0.729. The molecule has 0 amide bonds. The van der Waals surface area contributed by atoms with Gasteiger partial charge in [0, 0.05) is 17.5 Å². The Morgan fingerprint density at radius 3 is 2.92 bits per heavy atom. The van der Waals surface area contributed by atoms with E-state index in [1.807, 2.05) is 0 Å². The lowest BCUT2D eigenvalue weighted by atomic mass is 10.0. The number of rotatable bonds is 3. The van der Waals surface area contributed by atoms with E-state index in [0.29, 0.717) is 5.92 Å². The zero-order valence-corrected chi connectivity index (χ0v) is 7.60. The number of nitrogens with two attached hydrogens (primary N) is 1. The molecule has 13 heavy (non-hydrogen) atoms. The first-order chi connectivity index (χ1) is 6.20. The predicted molar refractivity (Wildman–Crippen MR) is 47.1 cm³/mol. The highest BCUT2D eigenvalue weighted by molar-refractivity contribution is 5.24. The van der Waals surface area contributed by atoms with E-state index < -0.39 is 6.10 Å². The Hall–Kier alpha value is -0.870. The van der Waals surface area contributed by atoms with Crippen LogP contribution in [0.15, 0.2) is 10.7 Å². The van der Waals surface area contributed by atoms with E-state index in [4.69, 9.17) is 10.3 Å². The number of nitrogens with zero attached hydrogens (tertiary/aromatic N) is 1. The smallest absolute Gasteiger partial charge is 0.145 e. The second-order valence-corrected chi connectivity index (χ2v) is 3.72. The zero-order chi connectivity index (χ0) is 9.42. The van der Waals surface area contributed by atoms with E-state index in [-0.39, 0.29) is 6.04 Å². The molecule has 1 saturated carbocycles. The van der Waals surface area contributed by atoms with Crippen LogP contribution in [0.5, 0.6) is 0 Å². The summed E-state index contributed by atoms with van der Waals surface area (Å²) in [5.74, 6) is 1.29. The molecule has 0 radical (unpaired) electrons. The number of hydrogen-bond acceptors (Lipinski definition) is 4. The van der Waals surface area contributed by atoms with E-state index in [1.165, 1.54) is 0 Å². The number of aliphatic hydroxyl groups is 1. The van der Waals surface area contributed by atoms with Gasteiger partial charge >= 0.3 is 0 Å². The molecular formula is C9H14N2O2. The number of hydrogen-bond donors (Lipinski definition) is 2. The summed E-state index contributed by atoms with van der Waals surface area (Å²) in [6, 6.07) is -0.281. The maximum Gasteiger partial charge on any atom is 0.145 e. The van der Waals surface area contributed by atoms with Crippen LogP contribution in [0.1, 0.15) is 43.1 Å². The minimum atomic E-state index is -0.651. The van der Waals surface area contributed by atoms with Crippen LogP contribution in [-0.4, -0.2) is 16.3 Å². The maximum absolute atomic E-state index is 9.72. The van der Waals surface area contributed by atoms with Gasteiger partial charge in [-0.05, 0) is 19.8 Å². The van der Waals surface area contributed by atoms with Crippen molar-refractivity contribution in [1.29, 1.82) is 0 Å². The molecule has 1 aromatic rings. The van der Waals surface area contributed by atoms with Crippen molar-refractivity contribution in [3.05, 3.63) is 17.5 Å². The highest BCUT2D eigenvalue weighted by Gasteiger charge is 2.32. The van der Waals surface area contributed by atoms with E-state index in [9.17, 15) is 5.11 Å². The van der Waals surface area contributed by atoms with Crippen molar-refractivity contribution in [1.82, 2.24) is 5.16 Å². The summed E-state index contributed by atoms with van der Waals surface area (Å²) in [5.41, 5.74) is 6.36. The van der Waals surface area contributed by atoms with Crippen molar-refractivity contribution in [2.24, 2.45) is 5.73 Å². The highest BCUT2D eigenvalue weighted by atomic mass is 16.5. The van der Waals surface area contributed by atoms with Crippen LogP contribution < -0.4 is 5.73 Å². The Balaban J connectivity index is 2.22. The first-order valence-corrected chi connectivity index (χ1v) is 4.58. The summed E-state index contributed by atoms with van der Waals surface area (Å²) in [6.45, 7) is 1.77. The number of aromatic nitrogens is 1. The second-order valence-electron chi connectivity index (χ2n) is 3.72. The lowest BCUT2D eigenvalue weighted by Gasteiger charge is -2.12.